The fourth-order valence-electron chi connectivity index (χ4n) is 2.24. The standard InChI is InChI=1S/C14H21NOS/c1-2-16-11-8-9-13(15)14(10-11)17-12-6-4-3-5-7-12/h8-10,12H,2-7,15H2,1H3. The number of benzene rings is 1. The molecule has 0 unspecified atom stereocenters. The average Bonchev–Trinajstić information content (AvgIpc) is 2.35. The van der Waals surface area contributed by atoms with Crippen molar-refractivity contribution < 1.29 is 4.74 Å². The minimum atomic E-state index is 0.706. The lowest BCUT2D eigenvalue weighted by Gasteiger charge is -2.21. The zero-order valence-corrected chi connectivity index (χ0v) is 11.3. The Kier molecular flexibility index (Phi) is 4.60. The van der Waals surface area contributed by atoms with Gasteiger partial charge in [-0.15, -0.1) is 11.8 Å². The molecule has 17 heavy (non-hydrogen) atoms. The van der Waals surface area contributed by atoms with Gasteiger partial charge in [-0.05, 0) is 38.0 Å². The molecule has 0 amide bonds. The first-order chi connectivity index (χ1) is 8.29. The third-order valence-corrected chi connectivity index (χ3v) is 4.55. The van der Waals surface area contributed by atoms with Gasteiger partial charge in [-0.2, -0.15) is 0 Å². The van der Waals surface area contributed by atoms with Gasteiger partial charge >= 0.3 is 0 Å². The number of thioether (sulfide) groups is 1. The summed E-state index contributed by atoms with van der Waals surface area (Å²) < 4.78 is 5.52. The molecule has 1 aliphatic carbocycles. The van der Waals surface area contributed by atoms with Gasteiger partial charge in [0.15, 0.2) is 0 Å². The molecule has 0 bridgehead atoms. The van der Waals surface area contributed by atoms with Crippen LogP contribution in [-0.4, -0.2) is 11.9 Å². The molecule has 2 N–H and O–H groups in total. The van der Waals surface area contributed by atoms with E-state index in [9.17, 15) is 0 Å². The maximum atomic E-state index is 6.03. The Morgan fingerprint density at radius 2 is 2.06 bits per heavy atom. The minimum Gasteiger partial charge on any atom is -0.494 e. The van der Waals surface area contributed by atoms with Crippen LogP contribution in [0.5, 0.6) is 5.75 Å². The zero-order chi connectivity index (χ0) is 12.1. The quantitative estimate of drug-likeness (QED) is 0.818. The molecule has 2 nitrogen and oxygen atoms in total. The molecular formula is C14H21NOS. The molecular weight excluding hydrogens is 230 g/mol. The van der Waals surface area contributed by atoms with Gasteiger partial charge in [0.25, 0.3) is 0 Å². The van der Waals surface area contributed by atoms with Gasteiger partial charge in [-0.3, -0.25) is 0 Å². The van der Waals surface area contributed by atoms with Gasteiger partial charge in [0.2, 0.25) is 0 Å². The first-order valence-electron chi connectivity index (χ1n) is 6.48. The molecule has 0 spiro atoms. The number of hydrogen-bond donors (Lipinski definition) is 1. The Morgan fingerprint density at radius 3 is 2.76 bits per heavy atom. The van der Waals surface area contributed by atoms with Crippen molar-refractivity contribution in [2.24, 2.45) is 0 Å². The van der Waals surface area contributed by atoms with Crippen LogP contribution in [-0.2, 0) is 0 Å². The molecule has 0 radical (unpaired) electrons. The lowest BCUT2D eigenvalue weighted by atomic mass is 10.0. The van der Waals surface area contributed by atoms with Gasteiger partial charge in [0, 0.05) is 15.8 Å². The summed E-state index contributed by atoms with van der Waals surface area (Å²) in [5.74, 6) is 0.931. The molecule has 0 heterocycles. The highest BCUT2D eigenvalue weighted by Crippen LogP contribution is 2.37. The fraction of sp³-hybridized carbons (Fsp3) is 0.571. The first-order valence-corrected chi connectivity index (χ1v) is 7.36. The van der Waals surface area contributed by atoms with Gasteiger partial charge in [0.05, 0.1) is 6.61 Å². The van der Waals surface area contributed by atoms with Gasteiger partial charge < -0.3 is 10.5 Å². The van der Waals surface area contributed by atoms with Crippen LogP contribution in [0.4, 0.5) is 5.69 Å². The van der Waals surface area contributed by atoms with Crippen molar-refractivity contribution in [1.82, 2.24) is 0 Å². The Labute approximate surface area is 108 Å². The molecule has 1 aromatic carbocycles. The maximum Gasteiger partial charge on any atom is 0.120 e. The summed E-state index contributed by atoms with van der Waals surface area (Å²) in [4.78, 5) is 1.18. The van der Waals surface area contributed by atoms with E-state index >= 15 is 0 Å². The van der Waals surface area contributed by atoms with Crippen molar-refractivity contribution >= 4 is 17.4 Å². The predicted molar refractivity (Wildman–Crippen MR) is 74.8 cm³/mol. The number of hydrogen-bond acceptors (Lipinski definition) is 3. The van der Waals surface area contributed by atoms with Crippen LogP contribution >= 0.6 is 11.8 Å². The maximum absolute atomic E-state index is 6.03. The van der Waals surface area contributed by atoms with Crippen molar-refractivity contribution in [3.8, 4) is 5.75 Å². The molecule has 0 aliphatic heterocycles. The number of rotatable bonds is 4. The monoisotopic (exact) mass is 251 g/mol. The van der Waals surface area contributed by atoms with Gasteiger partial charge in [-0.1, -0.05) is 19.3 Å². The molecule has 0 saturated heterocycles. The molecule has 0 atom stereocenters. The van der Waals surface area contributed by atoms with E-state index in [1.807, 2.05) is 30.8 Å². The molecule has 2 rings (SSSR count). The van der Waals surface area contributed by atoms with E-state index in [1.54, 1.807) is 0 Å². The Balaban J connectivity index is 2.04. The van der Waals surface area contributed by atoms with E-state index in [0.717, 1.165) is 16.7 Å². The lowest BCUT2D eigenvalue weighted by molar-refractivity contribution is 0.339. The third-order valence-electron chi connectivity index (χ3n) is 3.14. The van der Waals surface area contributed by atoms with Crippen LogP contribution in [0.15, 0.2) is 23.1 Å². The second-order valence-corrected chi connectivity index (χ2v) is 5.85. The number of nitrogens with two attached hydrogens (primary N) is 1. The van der Waals surface area contributed by atoms with Crippen LogP contribution in [0, 0.1) is 0 Å². The van der Waals surface area contributed by atoms with E-state index in [1.165, 1.54) is 37.0 Å². The fourth-order valence-corrected chi connectivity index (χ4v) is 3.55. The summed E-state index contributed by atoms with van der Waals surface area (Å²) in [6.07, 6.45) is 6.77. The zero-order valence-electron chi connectivity index (χ0n) is 10.4. The highest BCUT2D eigenvalue weighted by Gasteiger charge is 2.16. The molecule has 1 aromatic rings. The Morgan fingerprint density at radius 1 is 1.29 bits per heavy atom. The largest absolute Gasteiger partial charge is 0.494 e. The van der Waals surface area contributed by atoms with Crippen molar-refractivity contribution in [1.29, 1.82) is 0 Å². The molecule has 1 aliphatic rings. The molecule has 3 heteroatoms. The Hall–Kier alpha value is -0.830. The molecule has 0 aromatic heterocycles. The number of ether oxygens (including phenoxy) is 1. The second-order valence-electron chi connectivity index (χ2n) is 4.51. The average molecular weight is 251 g/mol. The van der Waals surface area contributed by atoms with E-state index in [2.05, 4.69) is 6.07 Å². The first kappa shape index (κ1) is 12.6. The normalized spacial score (nSPS) is 17.0. The third kappa shape index (κ3) is 3.56. The lowest BCUT2D eigenvalue weighted by Crippen LogP contribution is -2.08. The van der Waals surface area contributed by atoms with Crippen LogP contribution in [0.1, 0.15) is 39.0 Å². The van der Waals surface area contributed by atoms with E-state index in [-0.39, 0.29) is 0 Å². The number of nitrogen functional groups attached to an aromatic ring is 1. The van der Waals surface area contributed by atoms with Crippen molar-refractivity contribution in [3.05, 3.63) is 18.2 Å². The minimum absolute atomic E-state index is 0.706. The SMILES string of the molecule is CCOc1ccc(N)c(SC2CCCCC2)c1. The summed E-state index contributed by atoms with van der Waals surface area (Å²) >= 11 is 1.93. The van der Waals surface area contributed by atoms with Gasteiger partial charge in [-0.25, -0.2) is 0 Å². The molecule has 1 saturated carbocycles. The van der Waals surface area contributed by atoms with Crippen molar-refractivity contribution in [3.63, 3.8) is 0 Å². The summed E-state index contributed by atoms with van der Waals surface area (Å²) in [5.41, 5.74) is 6.91. The summed E-state index contributed by atoms with van der Waals surface area (Å²) in [5, 5.41) is 0.739. The predicted octanol–water partition coefficient (Wildman–Crippen LogP) is 4.09. The topological polar surface area (TPSA) is 35.2 Å². The van der Waals surface area contributed by atoms with E-state index < -0.39 is 0 Å². The van der Waals surface area contributed by atoms with E-state index in [4.69, 9.17) is 10.5 Å². The van der Waals surface area contributed by atoms with Crippen molar-refractivity contribution in [2.75, 3.05) is 12.3 Å². The highest BCUT2D eigenvalue weighted by atomic mass is 32.2. The summed E-state index contributed by atoms with van der Waals surface area (Å²) in [6, 6.07) is 5.98. The van der Waals surface area contributed by atoms with Crippen LogP contribution < -0.4 is 10.5 Å². The second kappa shape index (κ2) is 6.20. The summed E-state index contributed by atoms with van der Waals surface area (Å²) in [6.45, 7) is 2.71. The molecule has 94 valence electrons. The van der Waals surface area contributed by atoms with Crippen LogP contribution in [0.2, 0.25) is 0 Å². The number of anilines is 1. The van der Waals surface area contributed by atoms with Crippen LogP contribution in [0.3, 0.4) is 0 Å². The van der Waals surface area contributed by atoms with E-state index in [0.29, 0.717) is 6.61 Å². The summed E-state index contributed by atoms with van der Waals surface area (Å²) in [7, 11) is 0. The highest BCUT2D eigenvalue weighted by molar-refractivity contribution is 8.00. The Bertz CT molecular complexity index is 361. The molecule has 1 fully saturated rings. The van der Waals surface area contributed by atoms with Crippen molar-refractivity contribution in [2.45, 2.75) is 49.2 Å². The smallest absolute Gasteiger partial charge is 0.120 e. The van der Waals surface area contributed by atoms with Gasteiger partial charge in [0.1, 0.15) is 5.75 Å². The van der Waals surface area contributed by atoms with Crippen LogP contribution in [0.25, 0.3) is 0 Å².